The lowest BCUT2D eigenvalue weighted by atomic mass is 10.2. The van der Waals surface area contributed by atoms with E-state index in [2.05, 4.69) is 9.71 Å². The van der Waals surface area contributed by atoms with E-state index in [1.54, 1.807) is 12.1 Å². The van der Waals surface area contributed by atoms with E-state index in [0.29, 0.717) is 10.6 Å². The lowest BCUT2D eigenvalue weighted by Crippen LogP contribution is -2.33. The second-order valence-corrected chi connectivity index (χ2v) is 9.69. The Hall–Kier alpha value is -1.48. The molecule has 1 heterocycles. The number of rotatable bonds is 7. The van der Waals surface area contributed by atoms with Gasteiger partial charge in [0.2, 0.25) is 10.0 Å². The van der Waals surface area contributed by atoms with Gasteiger partial charge in [0, 0.05) is 24.0 Å². The number of aromatic nitrogens is 1. The average Bonchev–Trinajstić information content (AvgIpc) is 2.56. The predicted octanol–water partition coefficient (Wildman–Crippen LogP) is 2.19. The van der Waals surface area contributed by atoms with E-state index in [0.717, 1.165) is 0 Å². The van der Waals surface area contributed by atoms with Crippen LogP contribution in [0.4, 0.5) is 0 Å². The molecule has 0 bridgehead atoms. The Labute approximate surface area is 146 Å². The molecular weight excluding hydrogens is 372 g/mol. The molecule has 0 radical (unpaired) electrons. The lowest BCUT2D eigenvalue weighted by Gasteiger charge is -2.18. The van der Waals surface area contributed by atoms with Gasteiger partial charge in [-0.3, -0.25) is 4.98 Å². The van der Waals surface area contributed by atoms with Crippen molar-refractivity contribution in [2.45, 2.75) is 17.1 Å². The van der Waals surface area contributed by atoms with Crippen molar-refractivity contribution in [3.63, 3.8) is 0 Å². The summed E-state index contributed by atoms with van der Waals surface area (Å²) < 4.78 is 51.6. The maximum Gasteiger partial charge on any atom is 0.211 e. The highest BCUT2D eigenvalue weighted by Gasteiger charge is 2.30. The number of nitrogens with zero attached hydrogens (tertiary/aromatic N) is 1. The summed E-state index contributed by atoms with van der Waals surface area (Å²) in [6.07, 6.45) is 2.93. The molecule has 9 heteroatoms. The highest BCUT2D eigenvalue weighted by atomic mass is 35.5. The summed E-state index contributed by atoms with van der Waals surface area (Å²) >= 11 is 5.80. The number of pyridine rings is 1. The molecule has 130 valence electrons. The molecule has 2 aromatic rings. The molecule has 1 aromatic heterocycles. The monoisotopic (exact) mass is 388 g/mol. The fourth-order valence-corrected chi connectivity index (χ4v) is 4.57. The van der Waals surface area contributed by atoms with Crippen LogP contribution in [0.1, 0.15) is 17.7 Å². The third-order valence-electron chi connectivity index (χ3n) is 3.44. The van der Waals surface area contributed by atoms with E-state index in [-0.39, 0.29) is 17.2 Å². The smallest absolute Gasteiger partial charge is 0.211 e. The van der Waals surface area contributed by atoms with E-state index >= 15 is 0 Å². The van der Waals surface area contributed by atoms with Crippen LogP contribution < -0.4 is 4.72 Å². The summed E-state index contributed by atoms with van der Waals surface area (Å²) in [7, 11) is -7.35. The first-order valence-corrected chi connectivity index (χ1v) is 10.7. The normalized spacial score (nSPS) is 13.6. The highest BCUT2D eigenvalue weighted by molar-refractivity contribution is 7.92. The van der Waals surface area contributed by atoms with Crippen LogP contribution in [0.15, 0.2) is 53.7 Å². The van der Waals surface area contributed by atoms with Crippen LogP contribution in [0.2, 0.25) is 5.02 Å². The largest absolute Gasteiger partial charge is 0.264 e. The van der Waals surface area contributed by atoms with E-state index in [9.17, 15) is 16.8 Å². The molecule has 0 saturated heterocycles. The predicted molar refractivity (Wildman–Crippen MR) is 93.1 cm³/mol. The van der Waals surface area contributed by atoms with Crippen molar-refractivity contribution in [1.29, 1.82) is 0 Å². The second kappa shape index (κ2) is 7.60. The third-order valence-corrected chi connectivity index (χ3v) is 7.18. The maximum absolute atomic E-state index is 12.9. The summed E-state index contributed by atoms with van der Waals surface area (Å²) in [5.74, 6) is -0.131. The van der Waals surface area contributed by atoms with Gasteiger partial charge in [-0.15, -0.1) is 0 Å². The molecule has 0 unspecified atom stereocenters. The van der Waals surface area contributed by atoms with Crippen molar-refractivity contribution in [3.05, 3.63) is 59.4 Å². The Morgan fingerprint density at radius 1 is 1.12 bits per heavy atom. The van der Waals surface area contributed by atoms with E-state index < -0.39 is 25.1 Å². The molecule has 1 N–H and O–H groups in total. The Morgan fingerprint density at radius 3 is 2.33 bits per heavy atom. The van der Waals surface area contributed by atoms with Crippen molar-refractivity contribution in [1.82, 2.24) is 9.71 Å². The van der Waals surface area contributed by atoms with Gasteiger partial charge in [-0.2, -0.15) is 0 Å². The molecule has 0 fully saturated rings. The first kappa shape index (κ1) is 18.9. The van der Waals surface area contributed by atoms with Crippen molar-refractivity contribution in [2.75, 3.05) is 12.3 Å². The standard InChI is InChI=1S/C15H17ClN2O4S2/c1-2-23(19,20)18-11-15(12-4-3-9-17-10-12)24(21,22)14-7-5-13(16)6-8-14/h3-10,15,18H,2,11H2,1H3/t15-/m1/s1. The van der Waals surface area contributed by atoms with Crippen LogP contribution in [0.3, 0.4) is 0 Å². The number of hydrogen-bond donors (Lipinski definition) is 1. The minimum absolute atomic E-state index is 0.0662. The molecule has 0 aliphatic rings. The Morgan fingerprint density at radius 2 is 1.79 bits per heavy atom. The number of sulfone groups is 1. The second-order valence-electron chi connectivity index (χ2n) is 5.03. The van der Waals surface area contributed by atoms with Crippen molar-refractivity contribution >= 4 is 31.5 Å². The average molecular weight is 389 g/mol. The summed E-state index contributed by atoms with van der Waals surface area (Å²) in [5.41, 5.74) is 0.409. The summed E-state index contributed by atoms with van der Waals surface area (Å²) in [6, 6.07) is 8.96. The summed E-state index contributed by atoms with van der Waals surface area (Å²) in [5, 5.41) is -0.674. The molecule has 6 nitrogen and oxygen atoms in total. The molecule has 0 aliphatic carbocycles. The topological polar surface area (TPSA) is 93.2 Å². The number of hydrogen-bond acceptors (Lipinski definition) is 5. The molecule has 2 rings (SSSR count). The van der Waals surface area contributed by atoms with Gasteiger partial charge in [0.05, 0.1) is 10.6 Å². The van der Waals surface area contributed by atoms with Crippen LogP contribution in [0.5, 0.6) is 0 Å². The van der Waals surface area contributed by atoms with Crippen LogP contribution in [-0.4, -0.2) is 34.1 Å². The molecular formula is C15H17ClN2O4S2. The lowest BCUT2D eigenvalue weighted by molar-refractivity contribution is 0.569. The highest BCUT2D eigenvalue weighted by Crippen LogP contribution is 2.29. The Bertz CT molecular complexity index is 883. The van der Waals surface area contributed by atoms with Gasteiger partial charge < -0.3 is 0 Å². The van der Waals surface area contributed by atoms with Crippen LogP contribution in [-0.2, 0) is 19.9 Å². The van der Waals surface area contributed by atoms with E-state index in [1.807, 2.05) is 0 Å². The third kappa shape index (κ3) is 4.54. The van der Waals surface area contributed by atoms with Crippen molar-refractivity contribution < 1.29 is 16.8 Å². The molecule has 0 saturated carbocycles. The minimum Gasteiger partial charge on any atom is -0.264 e. The van der Waals surface area contributed by atoms with Crippen LogP contribution in [0.25, 0.3) is 0 Å². The molecule has 1 aromatic carbocycles. The van der Waals surface area contributed by atoms with Gasteiger partial charge in [-0.05, 0) is 42.8 Å². The zero-order valence-corrected chi connectivity index (χ0v) is 15.3. The molecule has 0 amide bonds. The SMILES string of the molecule is CCS(=O)(=O)NC[C@H](c1cccnc1)S(=O)(=O)c1ccc(Cl)cc1. The Balaban J connectivity index is 2.43. The Kier molecular flexibility index (Phi) is 5.97. The van der Waals surface area contributed by atoms with Gasteiger partial charge in [-0.1, -0.05) is 17.7 Å². The van der Waals surface area contributed by atoms with Gasteiger partial charge in [-0.25, -0.2) is 21.6 Å². The van der Waals surface area contributed by atoms with Crippen molar-refractivity contribution in [3.8, 4) is 0 Å². The van der Waals surface area contributed by atoms with Gasteiger partial charge in [0.15, 0.2) is 9.84 Å². The van der Waals surface area contributed by atoms with Gasteiger partial charge >= 0.3 is 0 Å². The first-order chi connectivity index (χ1) is 11.3. The summed E-state index contributed by atoms with van der Waals surface area (Å²) in [6.45, 7) is 1.21. The van der Waals surface area contributed by atoms with Gasteiger partial charge in [0.1, 0.15) is 5.25 Å². The van der Waals surface area contributed by atoms with E-state index in [1.165, 1.54) is 43.6 Å². The van der Waals surface area contributed by atoms with Crippen LogP contribution in [0, 0.1) is 0 Å². The van der Waals surface area contributed by atoms with Crippen LogP contribution >= 0.6 is 11.6 Å². The number of sulfonamides is 1. The minimum atomic E-state index is -3.83. The maximum atomic E-state index is 12.9. The molecule has 0 spiro atoms. The molecule has 1 atom stereocenters. The summed E-state index contributed by atoms with van der Waals surface area (Å²) in [4.78, 5) is 3.99. The molecule has 24 heavy (non-hydrogen) atoms. The number of benzene rings is 1. The first-order valence-electron chi connectivity index (χ1n) is 7.13. The fourth-order valence-electron chi connectivity index (χ4n) is 2.07. The van der Waals surface area contributed by atoms with Gasteiger partial charge in [0.25, 0.3) is 0 Å². The zero-order valence-electron chi connectivity index (χ0n) is 12.9. The quantitative estimate of drug-likeness (QED) is 0.784. The number of nitrogens with one attached hydrogen (secondary N) is 1. The fraction of sp³-hybridized carbons (Fsp3) is 0.267. The van der Waals surface area contributed by atoms with Crippen molar-refractivity contribution in [2.24, 2.45) is 0 Å². The number of halogens is 1. The van der Waals surface area contributed by atoms with E-state index in [4.69, 9.17) is 11.6 Å². The zero-order chi connectivity index (χ0) is 17.8. The molecule has 0 aliphatic heterocycles.